The van der Waals surface area contributed by atoms with Crippen molar-refractivity contribution in [2.45, 2.75) is 57.1 Å². The molecule has 0 fully saturated rings. The first kappa shape index (κ1) is 30.9. The van der Waals surface area contributed by atoms with Crippen molar-refractivity contribution in [3.05, 3.63) is 125 Å². The lowest BCUT2D eigenvalue weighted by molar-refractivity contribution is -0.139. The summed E-state index contributed by atoms with van der Waals surface area (Å²) in [6.45, 7) is 6.89. The number of imidazole rings is 2. The number of nitrogens with zero attached hydrogens (tertiary/aromatic N) is 4. The summed E-state index contributed by atoms with van der Waals surface area (Å²) in [5, 5.41) is 4.16. The van der Waals surface area contributed by atoms with Crippen molar-refractivity contribution >= 4 is 23.7 Å². The quantitative estimate of drug-likeness (QED) is 0.148. The van der Waals surface area contributed by atoms with Crippen molar-refractivity contribution < 1.29 is 19.1 Å². The molecule has 0 saturated heterocycles. The van der Waals surface area contributed by atoms with Crippen LogP contribution in [-0.4, -0.2) is 44.3 Å². The van der Waals surface area contributed by atoms with Gasteiger partial charge in [-0.1, -0.05) is 72.4 Å². The van der Waals surface area contributed by atoms with Gasteiger partial charge in [0.1, 0.15) is 0 Å². The molecule has 9 nitrogen and oxygen atoms in total. The number of benzene rings is 2. The van der Waals surface area contributed by atoms with Crippen LogP contribution in [0.15, 0.2) is 113 Å². The zero-order valence-electron chi connectivity index (χ0n) is 25.2. The van der Waals surface area contributed by atoms with Gasteiger partial charge >= 0.3 is 11.9 Å². The third-order valence-electron chi connectivity index (χ3n) is 7.35. The number of rotatable bonds is 13. The maximum atomic E-state index is 13.8. The summed E-state index contributed by atoms with van der Waals surface area (Å²) in [7, 11) is 0. The van der Waals surface area contributed by atoms with Crippen LogP contribution < -0.4 is 5.32 Å². The molecule has 4 aromatic rings. The van der Waals surface area contributed by atoms with Gasteiger partial charge in [-0.05, 0) is 31.9 Å². The van der Waals surface area contributed by atoms with Crippen molar-refractivity contribution in [3.63, 3.8) is 0 Å². The lowest BCUT2D eigenvalue weighted by Crippen LogP contribution is -2.34. The first-order chi connectivity index (χ1) is 21.5. The molecule has 0 spiro atoms. The Hall–Kier alpha value is -4.57. The van der Waals surface area contributed by atoms with E-state index in [1.807, 2.05) is 54.1 Å². The minimum absolute atomic E-state index is 0.197. The molecule has 0 aliphatic carbocycles. The Labute approximate surface area is 262 Å². The summed E-state index contributed by atoms with van der Waals surface area (Å²) in [6, 6.07) is 20.3. The average molecular weight is 612 g/mol. The fraction of sp³-hybridized carbons (Fsp3) is 0.294. The number of nitrogens with one attached hydrogen (secondary N) is 1. The Morgan fingerprint density at radius 3 is 2.23 bits per heavy atom. The lowest BCUT2D eigenvalue weighted by atomic mass is 9.82. The third kappa shape index (κ3) is 7.14. The maximum Gasteiger partial charge on any atom is 0.336 e. The van der Waals surface area contributed by atoms with Crippen molar-refractivity contribution in [2.75, 3.05) is 13.2 Å². The Kier molecular flexibility index (Phi) is 10.3. The smallest absolute Gasteiger partial charge is 0.336 e. The standard InChI is InChI=1S/C34H37N5O4S/c1-4-42-32(40)29-24(3)37-27(16-18-38-19-17-35-23-38)30(33(41)43-5-2)31(29)28-20-36-34(44-22-26-14-10-7-11-15-26)39(28)21-25-12-8-6-9-13-25/h6-15,17,19-20,23,31,37H,4-5,16,18,21-22H2,1-3H3. The van der Waals surface area contributed by atoms with Gasteiger partial charge in [0.15, 0.2) is 5.16 Å². The molecule has 2 aromatic carbocycles. The van der Waals surface area contributed by atoms with Crippen LogP contribution in [0.4, 0.5) is 0 Å². The molecule has 0 saturated carbocycles. The number of thioether (sulfide) groups is 1. The highest BCUT2D eigenvalue weighted by Gasteiger charge is 2.41. The lowest BCUT2D eigenvalue weighted by Gasteiger charge is -2.32. The predicted molar refractivity (Wildman–Crippen MR) is 169 cm³/mol. The monoisotopic (exact) mass is 611 g/mol. The Bertz CT molecular complexity index is 1630. The van der Waals surface area contributed by atoms with E-state index in [9.17, 15) is 9.59 Å². The van der Waals surface area contributed by atoms with Crippen LogP contribution in [0.5, 0.6) is 0 Å². The molecule has 1 aliphatic heterocycles. The SMILES string of the molecule is CCOC(=O)C1=C(C)NC(CCn2ccnc2)=C(C(=O)OCC)C1c1cnc(SCc2ccccc2)n1Cc1ccccc1. The molecule has 228 valence electrons. The van der Waals surface area contributed by atoms with Gasteiger partial charge < -0.3 is 23.9 Å². The van der Waals surface area contributed by atoms with E-state index in [4.69, 9.17) is 14.5 Å². The molecule has 0 radical (unpaired) electrons. The van der Waals surface area contributed by atoms with Crippen LogP contribution in [0.1, 0.15) is 49.9 Å². The zero-order valence-corrected chi connectivity index (χ0v) is 26.0. The molecule has 44 heavy (non-hydrogen) atoms. The van der Waals surface area contributed by atoms with E-state index in [2.05, 4.69) is 39.1 Å². The molecule has 1 aliphatic rings. The summed E-state index contributed by atoms with van der Waals surface area (Å²) < 4.78 is 15.2. The number of carbonyl (C=O) groups is 2. The van der Waals surface area contributed by atoms with Gasteiger partial charge in [-0.15, -0.1) is 0 Å². The van der Waals surface area contributed by atoms with Crippen molar-refractivity contribution in [2.24, 2.45) is 0 Å². The van der Waals surface area contributed by atoms with E-state index < -0.39 is 17.9 Å². The van der Waals surface area contributed by atoms with Crippen LogP contribution in [0.25, 0.3) is 0 Å². The van der Waals surface area contributed by atoms with Gasteiger partial charge in [0.2, 0.25) is 0 Å². The number of carbonyl (C=O) groups excluding carboxylic acids is 2. The first-order valence-corrected chi connectivity index (χ1v) is 15.8. The number of hydrogen-bond donors (Lipinski definition) is 1. The number of dihydropyridines is 1. The van der Waals surface area contributed by atoms with E-state index in [0.29, 0.717) is 47.8 Å². The largest absolute Gasteiger partial charge is 0.463 e. The van der Waals surface area contributed by atoms with Crippen LogP contribution >= 0.6 is 11.8 Å². The number of aryl methyl sites for hydroxylation is 1. The topological polar surface area (TPSA) is 100 Å². The van der Waals surface area contributed by atoms with Gasteiger partial charge in [0.25, 0.3) is 0 Å². The second-order valence-corrected chi connectivity index (χ2v) is 11.2. The molecular formula is C34H37N5O4S. The predicted octanol–water partition coefficient (Wildman–Crippen LogP) is 5.85. The van der Waals surface area contributed by atoms with Gasteiger partial charge in [0, 0.05) is 49.1 Å². The minimum Gasteiger partial charge on any atom is -0.463 e. The summed E-state index contributed by atoms with van der Waals surface area (Å²) in [5.41, 5.74) is 5.04. The summed E-state index contributed by atoms with van der Waals surface area (Å²) in [4.78, 5) is 36.4. The third-order valence-corrected chi connectivity index (χ3v) is 8.42. The number of esters is 2. The van der Waals surface area contributed by atoms with Gasteiger partial charge in [-0.2, -0.15) is 0 Å². The van der Waals surface area contributed by atoms with Gasteiger partial charge in [-0.3, -0.25) is 0 Å². The Balaban J connectivity index is 1.65. The van der Waals surface area contributed by atoms with E-state index in [1.54, 1.807) is 44.3 Å². The number of hydrogen-bond acceptors (Lipinski definition) is 8. The molecule has 10 heteroatoms. The summed E-state index contributed by atoms with van der Waals surface area (Å²) in [6.07, 6.45) is 7.62. The van der Waals surface area contributed by atoms with Crippen LogP contribution in [0.3, 0.4) is 0 Å². The van der Waals surface area contributed by atoms with Crippen LogP contribution in [-0.2, 0) is 37.9 Å². The van der Waals surface area contributed by atoms with Gasteiger partial charge in [0.05, 0.1) is 48.5 Å². The van der Waals surface area contributed by atoms with E-state index in [1.165, 1.54) is 5.56 Å². The number of aromatic nitrogens is 4. The fourth-order valence-electron chi connectivity index (χ4n) is 5.34. The molecule has 0 amide bonds. The van der Waals surface area contributed by atoms with E-state index in [0.717, 1.165) is 16.4 Å². The van der Waals surface area contributed by atoms with Crippen molar-refractivity contribution in [3.8, 4) is 0 Å². The van der Waals surface area contributed by atoms with Gasteiger partial charge in [-0.25, -0.2) is 19.6 Å². The normalized spacial score (nSPS) is 14.8. The highest BCUT2D eigenvalue weighted by atomic mass is 32.2. The average Bonchev–Trinajstić information content (AvgIpc) is 3.70. The Morgan fingerprint density at radius 1 is 0.932 bits per heavy atom. The maximum absolute atomic E-state index is 13.8. The molecule has 0 bridgehead atoms. The van der Waals surface area contributed by atoms with Crippen LogP contribution in [0, 0.1) is 0 Å². The highest BCUT2D eigenvalue weighted by Crippen LogP contribution is 2.42. The zero-order chi connectivity index (χ0) is 30.9. The summed E-state index contributed by atoms with van der Waals surface area (Å²) in [5.74, 6) is -1.00. The van der Waals surface area contributed by atoms with Crippen molar-refractivity contribution in [1.29, 1.82) is 0 Å². The molecule has 3 heterocycles. The summed E-state index contributed by atoms with van der Waals surface area (Å²) >= 11 is 1.62. The van der Waals surface area contributed by atoms with Crippen molar-refractivity contribution in [1.82, 2.24) is 24.4 Å². The molecular weight excluding hydrogens is 574 g/mol. The van der Waals surface area contributed by atoms with Crippen LogP contribution in [0.2, 0.25) is 0 Å². The Morgan fingerprint density at radius 2 is 1.59 bits per heavy atom. The number of ether oxygens (including phenoxy) is 2. The van der Waals surface area contributed by atoms with E-state index in [-0.39, 0.29) is 13.2 Å². The molecule has 2 aromatic heterocycles. The fourth-order valence-corrected chi connectivity index (χ4v) is 6.28. The van der Waals surface area contributed by atoms with E-state index >= 15 is 0 Å². The highest BCUT2D eigenvalue weighted by molar-refractivity contribution is 7.98. The first-order valence-electron chi connectivity index (χ1n) is 14.8. The second kappa shape index (κ2) is 14.7. The molecule has 1 atom stereocenters. The molecule has 1 unspecified atom stereocenters. The minimum atomic E-state index is -0.755. The molecule has 5 rings (SSSR count). The number of allylic oxidation sites excluding steroid dienone is 2. The molecule has 1 N–H and O–H groups in total. The second-order valence-electron chi connectivity index (χ2n) is 10.3.